The van der Waals surface area contributed by atoms with Crippen LogP contribution in [0.2, 0.25) is 0 Å². The Bertz CT molecular complexity index is 1050. The van der Waals surface area contributed by atoms with Gasteiger partial charge in [-0.1, -0.05) is 24.3 Å². The van der Waals surface area contributed by atoms with E-state index in [1.807, 2.05) is 0 Å². The monoisotopic (exact) mass is 446 g/mol. The van der Waals surface area contributed by atoms with E-state index in [1.54, 1.807) is 30.3 Å². The number of nitrogens with one attached hydrogen (secondary N) is 1. The molecule has 3 aromatic rings. The number of benzene rings is 2. The van der Waals surface area contributed by atoms with Gasteiger partial charge in [0.1, 0.15) is 18.2 Å². The summed E-state index contributed by atoms with van der Waals surface area (Å²) in [5.74, 6) is -1.23. The second-order valence-electron chi connectivity index (χ2n) is 6.32. The molecule has 0 saturated carbocycles. The molecular weight excluding hydrogens is 430 g/mol. The standard InChI is InChI=1S/C21H17BrF2N2O2/c22-16-7-8-21(28)26(12-16)13-20(27)25-19(15-4-2-6-18(24)11-15)10-14-3-1-5-17(23)9-14/h1-9,11-12,19H,10,13H2,(H,25,27). The van der Waals surface area contributed by atoms with Crippen LogP contribution in [-0.2, 0) is 17.8 Å². The van der Waals surface area contributed by atoms with Gasteiger partial charge in [-0.2, -0.15) is 0 Å². The van der Waals surface area contributed by atoms with E-state index in [2.05, 4.69) is 21.2 Å². The highest BCUT2D eigenvalue weighted by atomic mass is 79.9. The predicted molar refractivity (Wildman–Crippen MR) is 106 cm³/mol. The number of halogens is 3. The van der Waals surface area contributed by atoms with Gasteiger partial charge in [0.2, 0.25) is 5.91 Å². The quantitative estimate of drug-likeness (QED) is 0.622. The fourth-order valence-electron chi connectivity index (χ4n) is 2.90. The fourth-order valence-corrected chi connectivity index (χ4v) is 3.27. The highest BCUT2D eigenvalue weighted by Crippen LogP contribution is 2.20. The summed E-state index contributed by atoms with van der Waals surface area (Å²) in [6.45, 7) is -0.187. The van der Waals surface area contributed by atoms with Crippen LogP contribution in [0.15, 0.2) is 76.1 Å². The van der Waals surface area contributed by atoms with Crippen LogP contribution in [-0.4, -0.2) is 10.5 Å². The van der Waals surface area contributed by atoms with Gasteiger partial charge < -0.3 is 9.88 Å². The lowest BCUT2D eigenvalue weighted by molar-refractivity contribution is -0.122. The highest BCUT2D eigenvalue weighted by molar-refractivity contribution is 9.10. The van der Waals surface area contributed by atoms with E-state index >= 15 is 0 Å². The van der Waals surface area contributed by atoms with Gasteiger partial charge in [0.25, 0.3) is 5.56 Å². The zero-order valence-electron chi connectivity index (χ0n) is 14.7. The molecule has 0 aliphatic heterocycles. The van der Waals surface area contributed by atoms with E-state index in [0.717, 1.165) is 0 Å². The maximum atomic E-state index is 13.7. The van der Waals surface area contributed by atoms with Crippen LogP contribution in [0.4, 0.5) is 8.78 Å². The topological polar surface area (TPSA) is 51.1 Å². The van der Waals surface area contributed by atoms with Gasteiger partial charge in [0.15, 0.2) is 0 Å². The van der Waals surface area contributed by atoms with Crippen LogP contribution >= 0.6 is 15.9 Å². The molecule has 28 heavy (non-hydrogen) atoms. The SMILES string of the molecule is O=C(Cn1cc(Br)ccc1=O)NC(Cc1cccc(F)c1)c1cccc(F)c1. The Kier molecular flexibility index (Phi) is 6.36. The fraction of sp³-hybridized carbons (Fsp3) is 0.143. The van der Waals surface area contributed by atoms with Crippen LogP contribution in [0.5, 0.6) is 0 Å². The number of hydrogen-bond acceptors (Lipinski definition) is 2. The third-order valence-electron chi connectivity index (χ3n) is 4.18. The summed E-state index contributed by atoms with van der Waals surface area (Å²) in [4.78, 5) is 24.5. The van der Waals surface area contributed by atoms with Crippen molar-refractivity contribution in [2.75, 3.05) is 0 Å². The maximum Gasteiger partial charge on any atom is 0.251 e. The molecule has 1 atom stereocenters. The molecule has 144 valence electrons. The summed E-state index contributed by atoms with van der Waals surface area (Å²) >= 11 is 3.26. The molecule has 1 amide bonds. The molecule has 3 rings (SSSR count). The van der Waals surface area contributed by atoms with E-state index in [9.17, 15) is 18.4 Å². The van der Waals surface area contributed by atoms with E-state index in [4.69, 9.17) is 0 Å². The number of carbonyl (C=O) groups is 1. The highest BCUT2D eigenvalue weighted by Gasteiger charge is 2.17. The Morgan fingerprint density at radius 2 is 1.75 bits per heavy atom. The lowest BCUT2D eigenvalue weighted by atomic mass is 9.98. The van der Waals surface area contributed by atoms with E-state index in [-0.39, 0.29) is 24.3 Å². The average molecular weight is 447 g/mol. The minimum absolute atomic E-state index is 0.187. The summed E-state index contributed by atoms with van der Waals surface area (Å²) in [7, 11) is 0. The first-order chi connectivity index (χ1) is 13.4. The van der Waals surface area contributed by atoms with Gasteiger partial charge in [-0.25, -0.2) is 8.78 Å². The van der Waals surface area contributed by atoms with Gasteiger partial charge in [-0.05, 0) is 63.8 Å². The van der Waals surface area contributed by atoms with Gasteiger partial charge in [-0.15, -0.1) is 0 Å². The van der Waals surface area contributed by atoms with Crippen molar-refractivity contribution in [3.63, 3.8) is 0 Å². The molecule has 0 radical (unpaired) electrons. The molecule has 1 unspecified atom stereocenters. The second kappa shape index (κ2) is 8.93. The van der Waals surface area contributed by atoms with Crippen molar-refractivity contribution in [2.45, 2.75) is 19.0 Å². The van der Waals surface area contributed by atoms with Crippen LogP contribution < -0.4 is 10.9 Å². The molecule has 1 N–H and O–H groups in total. The van der Waals surface area contributed by atoms with E-state index in [0.29, 0.717) is 15.6 Å². The van der Waals surface area contributed by atoms with Crippen molar-refractivity contribution in [3.8, 4) is 0 Å². The summed E-state index contributed by atoms with van der Waals surface area (Å²) in [6.07, 6.45) is 1.80. The van der Waals surface area contributed by atoms with Gasteiger partial charge in [-0.3, -0.25) is 9.59 Å². The summed E-state index contributed by atoms with van der Waals surface area (Å²) in [6, 6.07) is 14.3. The number of rotatable bonds is 6. The summed E-state index contributed by atoms with van der Waals surface area (Å²) in [5.41, 5.74) is 0.902. The van der Waals surface area contributed by atoms with Crippen LogP contribution in [0.1, 0.15) is 17.2 Å². The van der Waals surface area contributed by atoms with Crippen LogP contribution in [0.25, 0.3) is 0 Å². The minimum atomic E-state index is -0.576. The van der Waals surface area contributed by atoms with Crippen LogP contribution in [0, 0.1) is 11.6 Å². The molecule has 0 aliphatic carbocycles. The van der Waals surface area contributed by atoms with Crippen molar-refractivity contribution >= 4 is 21.8 Å². The Morgan fingerprint density at radius 3 is 2.46 bits per heavy atom. The third-order valence-corrected chi connectivity index (χ3v) is 4.65. The molecule has 2 aromatic carbocycles. The molecule has 4 nitrogen and oxygen atoms in total. The predicted octanol–water partition coefficient (Wildman–Crippen LogP) is 3.99. The zero-order valence-corrected chi connectivity index (χ0v) is 16.3. The Morgan fingerprint density at radius 1 is 1.04 bits per heavy atom. The molecule has 1 aromatic heterocycles. The molecule has 0 saturated heterocycles. The zero-order chi connectivity index (χ0) is 20.1. The number of nitrogens with zero attached hydrogens (tertiary/aromatic N) is 1. The van der Waals surface area contributed by atoms with Crippen molar-refractivity contribution < 1.29 is 13.6 Å². The lowest BCUT2D eigenvalue weighted by Crippen LogP contribution is -2.35. The number of hydrogen-bond donors (Lipinski definition) is 1. The molecule has 0 spiro atoms. The Labute approximate surface area is 169 Å². The molecule has 0 fully saturated rings. The second-order valence-corrected chi connectivity index (χ2v) is 7.24. The average Bonchev–Trinajstić information content (AvgIpc) is 2.64. The van der Waals surface area contributed by atoms with Crippen molar-refractivity contribution in [2.24, 2.45) is 0 Å². The van der Waals surface area contributed by atoms with Gasteiger partial charge in [0.05, 0.1) is 6.04 Å². The molecule has 0 bridgehead atoms. The maximum absolute atomic E-state index is 13.7. The first-order valence-corrected chi connectivity index (χ1v) is 9.35. The third kappa shape index (κ3) is 5.36. The van der Waals surface area contributed by atoms with Crippen molar-refractivity contribution in [1.29, 1.82) is 0 Å². The Balaban J connectivity index is 1.83. The molecular formula is C21H17BrF2N2O2. The number of carbonyl (C=O) groups excluding carboxylic acids is 1. The largest absolute Gasteiger partial charge is 0.347 e. The number of amides is 1. The van der Waals surface area contributed by atoms with Gasteiger partial charge >= 0.3 is 0 Å². The normalized spacial score (nSPS) is 11.8. The summed E-state index contributed by atoms with van der Waals surface area (Å²) < 4.78 is 29.2. The minimum Gasteiger partial charge on any atom is -0.347 e. The number of aromatic nitrogens is 1. The van der Waals surface area contributed by atoms with Crippen LogP contribution in [0.3, 0.4) is 0 Å². The van der Waals surface area contributed by atoms with Crippen molar-refractivity contribution in [3.05, 3.63) is 104 Å². The summed E-state index contributed by atoms with van der Waals surface area (Å²) in [5, 5.41) is 2.82. The first-order valence-electron chi connectivity index (χ1n) is 8.56. The molecule has 7 heteroatoms. The first kappa shape index (κ1) is 19.9. The van der Waals surface area contributed by atoms with E-state index < -0.39 is 17.8 Å². The van der Waals surface area contributed by atoms with E-state index in [1.165, 1.54) is 41.1 Å². The Hall–Kier alpha value is -2.80. The molecule has 0 aliphatic rings. The number of pyridine rings is 1. The molecule has 1 heterocycles. The van der Waals surface area contributed by atoms with Gasteiger partial charge in [0, 0.05) is 16.7 Å². The lowest BCUT2D eigenvalue weighted by Gasteiger charge is -2.20. The smallest absolute Gasteiger partial charge is 0.251 e. The van der Waals surface area contributed by atoms with Crippen molar-refractivity contribution in [1.82, 2.24) is 9.88 Å².